The molecule has 0 unspecified atom stereocenters. The number of carbonyl (C=O) groups excluding carboxylic acids is 3. The summed E-state index contributed by atoms with van der Waals surface area (Å²) < 4.78 is 18.3. The predicted molar refractivity (Wildman–Crippen MR) is 96.8 cm³/mol. The van der Waals surface area contributed by atoms with E-state index in [-0.39, 0.29) is 5.56 Å². The number of esters is 1. The number of amides is 2. The molecule has 0 fully saturated rings. The van der Waals surface area contributed by atoms with Crippen LogP contribution in [-0.4, -0.2) is 30.9 Å². The van der Waals surface area contributed by atoms with Crippen molar-refractivity contribution in [2.45, 2.75) is 19.3 Å². The zero-order chi connectivity index (χ0) is 19.2. The highest BCUT2D eigenvalue weighted by Crippen LogP contribution is 2.24. The molecule has 0 spiro atoms. The number of anilines is 1. The van der Waals surface area contributed by atoms with E-state index >= 15 is 0 Å². The van der Waals surface area contributed by atoms with Crippen molar-refractivity contribution in [2.75, 3.05) is 18.5 Å². The summed E-state index contributed by atoms with van der Waals surface area (Å²) in [6, 6.07) is 11.2. The standard InChI is InChI=1S/C20H19FN2O4/c21-17-7-2-1-6-16(17)20(26)22-11-19(25)27-12-18(24)23-15-9-8-13-4-3-5-14(13)10-15/h1-2,6-10H,3-5,11-12H2,(H,22,26)(H,23,24). The summed E-state index contributed by atoms with van der Waals surface area (Å²) in [5.74, 6) is -2.67. The van der Waals surface area contributed by atoms with Gasteiger partial charge in [-0.2, -0.15) is 0 Å². The van der Waals surface area contributed by atoms with Crippen molar-refractivity contribution in [2.24, 2.45) is 0 Å². The molecule has 2 aromatic rings. The second kappa shape index (κ2) is 8.44. The Morgan fingerprint density at radius 3 is 2.63 bits per heavy atom. The van der Waals surface area contributed by atoms with Crippen LogP contribution in [0.25, 0.3) is 0 Å². The van der Waals surface area contributed by atoms with Crippen LogP contribution in [0, 0.1) is 5.82 Å². The van der Waals surface area contributed by atoms with Crippen LogP contribution in [0.3, 0.4) is 0 Å². The van der Waals surface area contributed by atoms with Crippen LogP contribution >= 0.6 is 0 Å². The molecule has 1 aliphatic carbocycles. The fourth-order valence-corrected chi connectivity index (χ4v) is 2.94. The van der Waals surface area contributed by atoms with E-state index in [0.717, 1.165) is 25.3 Å². The van der Waals surface area contributed by atoms with Crippen molar-refractivity contribution in [1.82, 2.24) is 5.32 Å². The van der Waals surface area contributed by atoms with Crippen LogP contribution in [0.5, 0.6) is 0 Å². The normalized spacial score (nSPS) is 12.2. The highest BCUT2D eigenvalue weighted by atomic mass is 19.1. The molecule has 2 N–H and O–H groups in total. The van der Waals surface area contributed by atoms with Crippen molar-refractivity contribution in [3.05, 3.63) is 65.0 Å². The molecule has 0 heterocycles. The Balaban J connectivity index is 1.41. The van der Waals surface area contributed by atoms with Crippen molar-refractivity contribution < 1.29 is 23.5 Å². The minimum atomic E-state index is -0.788. The molecular weight excluding hydrogens is 351 g/mol. The third-order valence-electron chi connectivity index (χ3n) is 4.26. The van der Waals surface area contributed by atoms with E-state index < -0.39 is 36.8 Å². The van der Waals surface area contributed by atoms with Crippen LogP contribution in [0.15, 0.2) is 42.5 Å². The second-order valence-corrected chi connectivity index (χ2v) is 6.21. The number of halogens is 1. The lowest BCUT2D eigenvalue weighted by molar-refractivity contribution is -0.146. The highest BCUT2D eigenvalue weighted by molar-refractivity contribution is 5.96. The predicted octanol–water partition coefficient (Wildman–Crippen LogP) is 2.23. The lowest BCUT2D eigenvalue weighted by atomic mass is 10.1. The summed E-state index contributed by atoms with van der Waals surface area (Å²) in [7, 11) is 0. The van der Waals surface area contributed by atoms with Gasteiger partial charge in [0.15, 0.2) is 6.61 Å². The maximum absolute atomic E-state index is 13.5. The number of carbonyl (C=O) groups is 3. The van der Waals surface area contributed by atoms with Gasteiger partial charge in [-0.1, -0.05) is 18.2 Å². The van der Waals surface area contributed by atoms with Crippen LogP contribution in [-0.2, 0) is 27.2 Å². The molecule has 6 nitrogen and oxygen atoms in total. The number of benzene rings is 2. The largest absolute Gasteiger partial charge is 0.454 e. The molecule has 2 amide bonds. The number of fused-ring (bicyclic) bond motifs is 1. The van der Waals surface area contributed by atoms with Gasteiger partial charge in [-0.05, 0) is 54.7 Å². The van der Waals surface area contributed by atoms with Gasteiger partial charge in [-0.25, -0.2) is 4.39 Å². The van der Waals surface area contributed by atoms with Gasteiger partial charge in [0, 0.05) is 5.69 Å². The molecule has 0 bridgehead atoms. The van der Waals surface area contributed by atoms with Crippen LogP contribution in [0.2, 0.25) is 0 Å². The third kappa shape index (κ3) is 4.91. The zero-order valence-corrected chi connectivity index (χ0v) is 14.6. The van der Waals surface area contributed by atoms with E-state index in [2.05, 4.69) is 10.6 Å². The SMILES string of the molecule is O=C(COC(=O)CNC(=O)c1ccccc1F)Nc1ccc2c(c1)CCC2. The summed E-state index contributed by atoms with van der Waals surface area (Å²) in [6.07, 6.45) is 3.17. The molecular formula is C20H19FN2O4. The zero-order valence-electron chi connectivity index (χ0n) is 14.6. The van der Waals surface area contributed by atoms with Crippen LogP contribution in [0.4, 0.5) is 10.1 Å². The summed E-state index contributed by atoms with van der Waals surface area (Å²) in [6.45, 7) is -0.926. The molecule has 7 heteroatoms. The van der Waals surface area contributed by atoms with Crippen LogP contribution < -0.4 is 10.6 Å². The highest BCUT2D eigenvalue weighted by Gasteiger charge is 2.15. The number of ether oxygens (including phenoxy) is 1. The summed E-state index contributed by atoms with van der Waals surface area (Å²) in [5, 5.41) is 4.93. The molecule has 3 rings (SSSR count). The Kier molecular flexibility index (Phi) is 5.80. The number of aryl methyl sites for hydroxylation is 2. The molecule has 0 saturated heterocycles. The minimum Gasteiger partial charge on any atom is -0.454 e. The van der Waals surface area contributed by atoms with E-state index in [1.54, 1.807) is 0 Å². The van der Waals surface area contributed by atoms with Crippen molar-refractivity contribution in [3.63, 3.8) is 0 Å². The van der Waals surface area contributed by atoms with E-state index in [4.69, 9.17) is 4.74 Å². The molecule has 0 radical (unpaired) electrons. The molecule has 0 saturated carbocycles. The summed E-state index contributed by atoms with van der Waals surface area (Å²) >= 11 is 0. The minimum absolute atomic E-state index is 0.167. The second-order valence-electron chi connectivity index (χ2n) is 6.21. The van der Waals surface area contributed by atoms with E-state index in [9.17, 15) is 18.8 Å². The first-order chi connectivity index (χ1) is 13.0. The molecule has 2 aromatic carbocycles. The van der Waals surface area contributed by atoms with Gasteiger partial charge in [-0.3, -0.25) is 14.4 Å². The summed E-state index contributed by atoms with van der Waals surface area (Å²) in [4.78, 5) is 35.4. The molecule has 1 aliphatic rings. The van der Waals surface area contributed by atoms with Crippen molar-refractivity contribution in [3.8, 4) is 0 Å². The topological polar surface area (TPSA) is 84.5 Å². The average molecular weight is 370 g/mol. The summed E-state index contributed by atoms with van der Waals surface area (Å²) in [5.41, 5.74) is 3.01. The molecule has 140 valence electrons. The monoisotopic (exact) mass is 370 g/mol. The first-order valence-corrected chi connectivity index (χ1v) is 8.63. The fourth-order valence-electron chi connectivity index (χ4n) is 2.94. The van der Waals surface area contributed by atoms with Gasteiger partial charge >= 0.3 is 5.97 Å². The van der Waals surface area contributed by atoms with Crippen LogP contribution in [0.1, 0.15) is 27.9 Å². The van der Waals surface area contributed by atoms with E-state index in [1.165, 1.54) is 29.3 Å². The van der Waals surface area contributed by atoms with Crippen molar-refractivity contribution >= 4 is 23.5 Å². The third-order valence-corrected chi connectivity index (χ3v) is 4.26. The molecule has 0 aliphatic heterocycles. The number of nitrogens with one attached hydrogen (secondary N) is 2. The van der Waals surface area contributed by atoms with Gasteiger partial charge in [0.2, 0.25) is 0 Å². The number of rotatable bonds is 6. The first kappa shape index (κ1) is 18.6. The Bertz CT molecular complexity index is 882. The fraction of sp³-hybridized carbons (Fsp3) is 0.250. The Morgan fingerprint density at radius 2 is 1.81 bits per heavy atom. The Labute approximate surface area is 155 Å². The Hall–Kier alpha value is -3.22. The average Bonchev–Trinajstić information content (AvgIpc) is 3.12. The number of hydrogen-bond acceptors (Lipinski definition) is 4. The van der Waals surface area contributed by atoms with Gasteiger partial charge in [-0.15, -0.1) is 0 Å². The van der Waals surface area contributed by atoms with Gasteiger partial charge in [0.25, 0.3) is 11.8 Å². The quantitative estimate of drug-likeness (QED) is 0.764. The molecule has 27 heavy (non-hydrogen) atoms. The molecule has 0 atom stereocenters. The maximum atomic E-state index is 13.5. The van der Waals surface area contributed by atoms with E-state index in [0.29, 0.717) is 5.69 Å². The van der Waals surface area contributed by atoms with Gasteiger partial charge in [0.05, 0.1) is 5.56 Å². The number of hydrogen-bond donors (Lipinski definition) is 2. The van der Waals surface area contributed by atoms with Crippen molar-refractivity contribution in [1.29, 1.82) is 0 Å². The van der Waals surface area contributed by atoms with E-state index in [1.807, 2.05) is 18.2 Å². The lowest BCUT2D eigenvalue weighted by Crippen LogP contribution is -2.32. The lowest BCUT2D eigenvalue weighted by Gasteiger charge is -2.09. The molecule has 0 aromatic heterocycles. The van der Waals surface area contributed by atoms with Gasteiger partial charge < -0.3 is 15.4 Å². The smallest absolute Gasteiger partial charge is 0.325 e. The maximum Gasteiger partial charge on any atom is 0.325 e. The van der Waals surface area contributed by atoms with Gasteiger partial charge in [0.1, 0.15) is 12.4 Å². The first-order valence-electron chi connectivity index (χ1n) is 8.63. The Morgan fingerprint density at radius 1 is 1.04 bits per heavy atom.